The average molecular weight is 329 g/mol. The van der Waals surface area contributed by atoms with Crippen LogP contribution in [0, 0.1) is 6.42 Å². The summed E-state index contributed by atoms with van der Waals surface area (Å²) in [5.74, 6) is 0.890. The lowest BCUT2D eigenvalue weighted by molar-refractivity contribution is -0.123. The molecule has 3 rings (SSSR count). The van der Waals surface area contributed by atoms with E-state index in [1.54, 1.807) is 13.3 Å². The number of primary amides is 1. The Hall–Kier alpha value is -2.41. The van der Waals surface area contributed by atoms with E-state index in [0.29, 0.717) is 25.5 Å². The quantitative estimate of drug-likeness (QED) is 0.855. The Labute approximate surface area is 140 Å². The van der Waals surface area contributed by atoms with E-state index in [1.165, 1.54) is 0 Å². The Morgan fingerprint density at radius 3 is 3.08 bits per heavy atom. The maximum Gasteiger partial charge on any atom is 0.234 e. The molecule has 0 bridgehead atoms. The first-order valence-electron chi connectivity index (χ1n) is 7.96. The number of aromatic nitrogens is 2. The minimum absolute atomic E-state index is 0.241. The van der Waals surface area contributed by atoms with Crippen molar-refractivity contribution in [1.29, 1.82) is 0 Å². The molecule has 1 amide bonds. The summed E-state index contributed by atoms with van der Waals surface area (Å²) in [5.41, 5.74) is 6.95. The van der Waals surface area contributed by atoms with Crippen LogP contribution in [0.1, 0.15) is 12.8 Å². The van der Waals surface area contributed by atoms with Gasteiger partial charge in [0.05, 0.1) is 30.4 Å². The van der Waals surface area contributed by atoms with E-state index in [4.69, 9.17) is 15.2 Å². The molecule has 1 fully saturated rings. The third-order valence-electron chi connectivity index (χ3n) is 4.14. The number of nitrogens with two attached hydrogens (primary N) is 1. The van der Waals surface area contributed by atoms with Crippen LogP contribution in [0.4, 0.5) is 0 Å². The standard InChI is InChI=1S/C17H21N4O3/c1-23-12-5-6-13-14(10-12)20-16(11-19-13)24-9-8-21-7-3-2-4-15(21)17(18)22/h2,5-6,10-11,15H,3-4,7-9H2,1H3,(H2,18,22). The molecule has 7 nitrogen and oxygen atoms in total. The van der Waals surface area contributed by atoms with Gasteiger partial charge in [-0.3, -0.25) is 9.69 Å². The summed E-state index contributed by atoms with van der Waals surface area (Å²) in [4.78, 5) is 22.3. The number of hydrogen-bond donors (Lipinski definition) is 1. The van der Waals surface area contributed by atoms with Gasteiger partial charge in [0.15, 0.2) is 0 Å². The maximum atomic E-state index is 11.5. The van der Waals surface area contributed by atoms with Gasteiger partial charge in [-0.2, -0.15) is 0 Å². The van der Waals surface area contributed by atoms with Crippen LogP contribution in [0.25, 0.3) is 11.0 Å². The number of carbonyl (C=O) groups excluding carboxylic acids is 1. The molecule has 1 aromatic heterocycles. The van der Waals surface area contributed by atoms with Crippen molar-refractivity contribution in [2.75, 3.05) is 26.8 Å². The third kappa shape index (κ3) is 3.73. The topological polar surface area (TPSA) is 90.6 Å². The van der Waals surface area contributed by atoms with E-state index in [9.17, 15) is 4.79 Å². The molecule has 1 saturated heterocycles. The summed E-state index contributed by atoms with van der Waals surface area (Å²) in [5, 5.41) is 0. The number of amides is 1. The molecule has 1 atom stereocenters. The fraction of sp³-hybridized carbons (Fsp3) is 0.412. The van der Waals surface area contributed by atoms with Gasteiger partial charge in [-0.15, -0.1) is 0 Å². The lowest BCUT2D eigenvalue weighted by Crippen LogP contribution is -2.49. The second kappa shape index (κ2) is 7.44. The van der Waals surface area contributed by atoms with E-state index >= 15 is 0 Å². The van der Waals surface area contributed by atoms with Crippen LogP contribution in [0.5, 0.6) is 11.6 Å². The van der Waals surface area contributed by atoms with Crippen LogP contribution in [-0.4, -0.2) is 53.6 Å². The van der Waals surface area contributed by atoms with Gasteiger partial charge in [-0.1, -0.05) is 0 Å². The number of ether oxygens (including phenoxy) is 2. The number of carbonyl (C=O) groups is 1. The van der Waals surface area contributed by atoms with Crippen LogP contribution in [-0.2, 0) is 4.79 Å². The Bertz CT molecular complexity index is 722. The highest BCUT2D eigenvalue weighted by Crippen LogP contribution is 2.20. The number of hydrogen-bond acceptors (Lipinski definition) is 6. The van der Waals surface area contributed by atoms with E-state index in [-0.39, 0.29) is 11.9 Å². The number of nitrogens with zero attached hydrogens (tertiary/aromatic N) is 3. The number of methoxy groups -OCH3 is 1. The molecule has 1 aliphatic rings. The van der Waals surface area contributed by atoms with Gasteiger partial charge in [0.2, 0.25) is 11.8 Å². The molecule has 0 saturated carbocycles. The summed E-state index contributed by atoms with van der Waals surface area (Å²) >= 11 is 0. The Balaban J connectivity index is 1.61. The summed E-state index contributed by atoms with van der Waals surface area (Å²) in [6.45, 7) is 1.87. The molecule has 1 unspecified atom stereocenters. The minimum Gasteiger partial charge on any atom is -0.497 e. The van der Waals surface area contributed by atoms with E-state index in [1.807, 2.05) is 18.2 Å². The van der Waals surface area contributed by atoms with Gasteiger partial charge in [0.1, 0.15) is 12.4 Å². The molecular weight excluding hydrogens is 308 g/mol. The molecule has 127 valence electrons. The van der Waals surface area contributed by atoms with Gasteiger partial charge >= 0.3 is 0 Å². The summed E-state index contributed by atoms with van der Waals surface area (Å²) < 4.78 is 10.9. The zero-order valence-electron chi connectivity index (χ0n) is 13.6. The van der Waals surface area contributed by atoms with Crippen LogP contribution in [0.15, 0.2) is 24.4 Å². The van der Waals surface area contributed by atoms with E-state index in [0.717, 1.165) is 29.7 Å². The van der Waals surface area contributed by atoms with Crippen molar-refractivity contribution in [3.8, 4) is 11.6 Å². The van der Waals surface area contributed by atoms with Gasteiger partial charge in [-0.05, 0) is 37.9 Å². The van der Waals surface area contributed by atoms with Crippen LogP contribution >= 0.6 is 0 Å². The first-order chi connectivity index (χ1) is 11.7. The van der Waals surface area contributed by atoms with Crippen molar-refractivity contribution in [2.45, 2.75) is 18.9 Å². The molecular formula is C17H21N4O3. The second-order valence-electron chi connectivity index (χ2n) is 5.68. The number of likely N-dealkylation sites (tertiary alicyclic amines) is 1. The second-order valence-corrected chi connectivity index (χ2v) is 5.68. The zero-order valence-corrected chi connectivity index (χ0v) is 13.6. The van der Waals surface area contributed by atoms with Crippen molar-refractivity contribution >= 4 is 16.9 Å². The summed E-state index contributed by atoms with van der Waals surface area (Å²) in [6.07, 6.45) is 5.36. The van der Waals surface area contributed by atoms with Crippen molar-refractivity contribution < 1.29 is 14.3 Å². The fourth-order valence-corrected chi connectivity index (χ4v) is 2.84. The van der Waals surface area contributed by atoms with Crippen molar-refractivity contribution in [3.05, 3.63) is 30.8 Å². The summed E-state index contributed by atoms with van der Waals surface area (Å²) in [7, 11) is 1.61. The van der Waals surface area contributed by atoms with Crippen molar-refractivity contribution in [1.82, 2.24) is 14.9 Å². The third-order valence-corrected chi connectivity index (χ3v) is 4.14. The van der Waals surface area contributed by atoms with Gasteiger partial charge in [-0.25, -0.2) is 9.97 Å². The average Bonchev–Trinajstić information content (AvgIpc) is 2.61. The molecule has 1 aliphatic heterocycles. The monoisotopic (exact) mass is 329 g/mol. The smallest absolute Gasteiger partial charge is 0.234 e. The predicted molar refractivity (Wildman–Crippen MR) is 89.7 cm³/mol. The fourth-order valence-electron chi connectivity index (χ4n) is 2.84. The molecule has 2 N–H and O–H groups in total. The van der Waals surface area contributed by atoms with E-state index < -0.39 is 0 Å². The lowest BCUT2D eigenvalue weighted by atomic mass is 10.0. The molecule has 2 aromatic rings. The number of piperidine rings is 1. The van der Waals surface area contributed by atoms with Crippen LogP contribution in [0.2, 0.25) is 0 Å². The minimum atomic E-state index is -0.288. The van der Waals surface area contributed by atoms with Gasteiger partial charge in [0.25, 0.3) is 0 Å². The molecule has 1 aromatic carbocycles. The predicted octanol–water partition coefficient (Wildman–Crippen LogP) is 1.17. The lowest BCUT2D eigenvalue weighted by Gasteiger charge is -2.33. The maximum absolute atomic E-state index is 11.5. The first kappa shape index (κ1) is 16.4. The van der Waals surface area contributed by atoms with E-state index in [2.05, 4.69) is 21.3 Å². The Kier molecular flexibility index (Phi) is 5.10. The molecule has 24 heavy (non-hydrogen) atoms. The molecule has 0 spiro atoms. The normalized spacial score (nSPS) is 18.5. The highest BCUT2D eigenvalue weighted by Gasteiger charge is 2.26. The Morgan fingerprint density at radius 2 is 2.29 bits per heavy atom. The highest BCUT2D eigenvalue weighted by molar-refractivity contribution is 5.80. The molecule has 7 heteroatoms. The molecule has 2 heterocycles. The zero-order chi connectivity index (χ0) is 16.9. The highest BCUT2D eigenvalue weighted by atomic mass is 16.5. The Morgan fingerprint density at radius 1 is 1.42 bits per heavy atom. The van der Waals surface area contributed by atoms with Gasteiger partial charge < -0.3 is 15.2 Å². The summed E-state index contributed by atoms with van der Waals surface area (Å²) in [6, 6.07) is 5.27. The molecule has 0 aliphatic carbocycles. The number of rotatable bonds is 6. The van der Waals surface area contributed by atoms with Crippen molar-refractivity contribution in [2.24, 2.45) is 5.73 Å². The largest absolute Gasteiger partial charge is 0.497 e. The van der Waals surface area contributed by atoms with Crippen LogP contribution in [0.3, 0.4) is 0 Å². The number of benzene rings is 1. The first-order valence-corrected chi connectivity index (χ1v) is 7.96. The van der Waals surface area contributed by atoms with Crippen molar-refractivity contribution in [3.63, 3.8) is 0 Å². The molecule has 1 radical (unpaired) electrons. The van der Waals surface area contributed by atoms with Gasteiger partial charge in [0, 0.05) is 12.6 Å². The SMILES string of the molecule is COc1ccc2ncc(OCCN3CC[CH]CC3C(N)=O)nc2c1. The van der Waals surface area contributed by atoms with Crippen LogP contribution < -0.4 is 15.2 Å². The number of fused-ring (bicyclic) bond motifs is 1.